The number of aromatic nitrogens is 2. The van der Waals surface area contributed by atoms with Crippen LogP contribution in [0.15, 0.2) is 167 Å². The minimum Gasteiger partial charge on any atom is -0.461 e. The molecule has 2 aliphatic rings. The van der Waals surface area contributed by atoms with Gasteiger partial charge in [0.25, 0.3) is 5.91 Å². The minimum atomic E-state index is -0.873. The van der Waals surface area contributed by atoms with Crippen molar-refractivity contribution in [3.8, 4) is 32.0 Å². The van der Waals surface area contributed by atoms with E-state index in [1.54, 1.807) is 46.9 Å². The number of carbonyl (C=O) groups is 4. The molecule has 2 aliphatic heterocycles. The Morgan fingerprint density at radius 1 is 0.576 bits per heavy atom. The zero-order valence-corrected chi connectivity index (χ0v) is 37.5. The Kier molecular flexibility index (Phi) is 12.4. The van der Waals surface area contributed by atoms with Gasteiger partial charge < -0.3 is 24.0 Å². The summed E-state index contributed by atoms with van der Waals surface area (Å²) in [6.07, 6.45) is 10.0. The lowest BCUT2D eigenvalue weighted by molar-refractivity contribution is -0.134. The predicted octanol–water partition coefficient (Wildman–Crippen LogP) is 11.3. The molecule has 2 saturated heterocycles. The zero-order valence-electron chi connectivity index (χ0n) is 35.8. The van der Waals surface area contributed by atoms with E-state index >= 15 is 0 Å². The predicted molar refractivity (Wildman–Crippen MR) is 254 cm³/mol. The highest BCUT2D eigenvalue weighted by Crippen LogP contribution is 2.41. The first-order chi connectivity index (χ1) is 32.4. The number of likely N-dealkylation sites (tertiary alicyclic amines) is 2. The van der Waals surface area contributed by atoms with E-state index < -0.39 is 17.9 Å². The van der Waals surface area contributed by atoms with Gasteiger partial charge in [-0.3, -0.25) is 19.2 Å². The second kappa shape index (κ2) is 19.1. The topological polar surface area (TPSA) is 139 Å². The highest BCUT2D eigenvalue weighted by molar-refractivity contribution is 7.15. The van der Waals surface area contributed by atoms with Crippen LogP contribution in [-0.4, -0.2) is 56.4 Å². The minimum absolute atomic E-state index is 0.0292. The fraction of sp³-hybridized carbons (Fsp3) is 0.208. The molecule has 0 saturated carbocycles. The number of hydrogen-bond acceptors (Lipinski definition) is 10. The molecule has 11 nitrogen and oxygen atoms in total. The largest absolute Gasteiger partial charge is 0.461 e. The number of ketones is 1. The summed E-state index contributed by atoms with van der Waals surface area (Å²) in [5.74, 6) is -1.11. The zero-order chi connectivity index (χ0) is 45.0. The number of carbonyl (C=O) groups excluding carboxylic acids is 4. The summed E-state index contributed by atoms with van der Waals surface area (Å²) in [5.41, 5.74) is 5.76. The Morgan fingerprint density at radius 2 is 1.06 bits per heavy atom. The Bertz CT molecular complexity index is 2730. The molecule has 0 spiro atoms. The van der Waals surface area contributed by atoms with Crippen LogP contribution in [0.1, 0.15) is 98.4 Å². The van der Waals surface area contributed by atoms with Crippen molar-refractivity contribution in [2.75, 3.05) is 13.1 Å². The number of amides is 3. The number of furan rings is 2. The summed E-state index contributed by atoms with van der Waals surface area (Å²) in [6.45, 7) is 1.18. The number of Topliss-reactive ketones (excluding diaryl/α,β-unsaturated/α-hetero) is 1. The molecular formula is C53H45N5O6S2. The average molecular weight is 912 g/mol. The number of benzene rings is 4. The van der Waals surface area contributed by atoms with E-state index in [-0.39, 0.29) is 47.6 Å². The van der Waals surface area contributed by atoms with Crippen molar-refractivity contribution in [2.45, 2.75) is 56.1 Å². The molecule has 1 N–H and O–H groups in total. The third-order valence-electron chi connectivity index (χ3n) is 12.4. The third kappa shape index (κ3) is 8.91. The van der Waals surface area contributed by atoms with Gasteiger partial charge in [0.15, 0.2) is 17.3 Å². The molecule has 3 amide bonds. The van der Waals surface area contributed by atoms with Crippen LogP contribution in [0.5, 0.6) is 0 Å². The lowest BCUT2D eigenvalue weighted by Crippen LogP contribution is -2.42. The van der Waals surface area contributed by atoms with Crippen LogP contribution < -0.4 is 5.32 Å². The van der Waals surface area contributed by atoms with E-state index in [0.29, 0.717) is 18.7 Å². The highest BCUT2D eigenvalue weighted by atomic mass is 32.1. The van der Waals surface area contributed by atoms with E-state index in [0.717, 1.165) is 73.3 Å². The van der Waals surface area contributed by atoms with E-state index in [1.165, 1.54) is 12.5 Å². The monoisotopic (exact) mass is 911 g/mol. The van der Waals surface area contributed by atoms with Gasteiger partial charge in [-0.25, -0.2) is 9.97 Å². The Morgan fingerprint density at radius 3 is 1.58 bits per heavy atom. The maximum absolute atomic E-state index is 14.3. The number of rotatable bonds is 14. The molecule has 0 aliphatic carbocycles. The lowest BCUT2D eigenvalue weighted by atomic mass is 9.91. The first-order valence-electron chi connectivity index (χ1n) is 22.1. The van der Waals surface area contributed by atoms with Crippen molar-refractivity contribution in [3.63, 3.8) is 0 Å². The fourth-order valence-electron chi connectivity index (χ4n) is 9.04. The van der Waals surface area contributed by atoms with Crippen LogP contribution in [0.3, 0.4) is 0 Å². The first-order valence-corrected chi connectivity index (χ1v) is 23.8. The van der Waals surface area contributed by atoms with Crippen molar-refractivity contribution in [1.29, 1.82) is 0 Å². The van der Waals surface area contributed by atoms with E-state index in [1.807, 2.05) is 82.9 Å². The van der Waals surface area contributed by atoms with Crippen LogP contribution in [0, 0.1) is 0 Å². The average Bonchev–Trinajstić information content (AvgIpc) is 4.22. The number of nitrogens with one attached hydrogen (secondary N) is 1. The molecular weight excluding hydrogens is 867 g/mol. The van der Waals surface area contributed by atoms with Crippen LogP contribution >= 0.6 is 22.7 Å². The lowest BCUT2D eigenvalue weighted by Gasteiger charge is -2.28. The first kappa shape index (κ1) is 42.7. The van der Waals surface area contributed by atoms with Crippen molar-refractivity contribution in [3.05, 3.63) is 191 Å². The van der Waals surface area contributed by atoms with Crippen molar-refractivity contribution in [2.24, 2.45) is 0 Å². The molecule has 0 unspecified atom stereocenters. The number of thiazole rings is 2. The normalized spacial score (nSPS) is 16.8. The summed E-state index contributed by atoms with van der Waals surface area (Å²) in [7, 11) is 0. The molecule has 4 aromatic heterocycles. The highest BCUT2D eigenvalue weighted by Gasteiger charge is 2.39. The molecule has 8 aromatic rings. The fourth-order valence-corrected chi connectivity index (χ4v) is 11.2. The van der Waals surface area contributed by atoms with Gasteiger partial charge in [0, 0.05) is 31.9 Å². The molecule has 66 heavy (non-hydrogen) atoms. The molecule has 10 rings (SSSR count). The van der Waals surface area contributed by atoms with Gasteiger partial charge in [-0.05, 0) is 83.3 Å². The summed E-state index contributed by atoms with van der Waals surface area (Å²) < 4.78 is 10.7. The summed E-state index contributed by atoms with van der Waals surface area (Å²) in [5, 5.41) is 4.67. The van der Waals surface area contributed by atoms with E-state index in [2.05, 4.69) is 53.8 Å². The van der Waals surface area contributed by atoms with Crippen LogP contribution in [0.4, 0.5) is 0 Å². The van der Waals surface area contributed by atoms with Crippen LogP contribution in [0.2, 0.25) is 0 Å². The van der Waals surface area contributed by atoms with Gasteiger partial charge >= 0.3 is 0 Å². The summed E-state index contributed by atoms with van der Waals surface area (Å²) in [6, 6.07) is 41.0. The van der Waals surface area contributed by atoms with Gasteiger partial charge in [-0.1, -0.05) is 109 Å². The van der Waals surface area contributed by atoms with Gasteiger partial charge in [-0.15, -0.1) is 22.7 Å². The smallest absolute Gasteiger partial charge is 0.287 e. The van der Waals surface area contributed by atoms with Crippen LogP contribution in [-0.2, 0) is 9.59 Å². The van der Waals surface area contributed by atoms with Crippen LogP contribution in [0.25, 0.3) is 32.0 Å². The molecule has 2 fully saturated rings. The Labute approximate surface area is 389 Å². The van der Waals surface area contributed by atoms with Gasteiger partial charge in [-0.2, -0.15) is 0 Å². The van der Waals surface area contributed by atoms with E-state index in [4.69, 9.17) is 18.8 Å². The quantitative estimate of drug-likeness (QED) is 0.106. The van der Waals surface area contributed by atoms with Gasteiger partial charge in [0.05, 0.1) is 40.3 Å². The number of hydrogen-bond donors (Lipinski definition) is 1. The van der Waals surface area contributed by atoms with Crippen molar-refractivity contribution < 1.29 is 28.0 Å². The molecule has 6 heterocycles. The van der Waals surface area contributed by atoms with Crippen molar-refractivity contribution in [1.82, 2.24) is 25.1 Å². The number of nitrogens with zero attached hydrogens (tertiary/aromatic N) is 4. The second-order valence-electron chi connectivity index (χ2n) is 16.5. The second-order valence-corrected chi connectivity index (χ2v) is 18.6. The molecule has 13 heteroatoms. The maximum atomic E-state index is 14.3. The molecule has 330 valence electrons. The Hall–Kier alpha value is -7.22. The standard InChI is InChI=1S/C53H45N5O6S2/c59-43(44-17-9-29-63-44)31-40(36-11-3-1-4-12-36)52(61)57-27-7-15-41(57)50-54-32-46(65-50)37-23-19-34(20-24-37)35-21-25-38(26-22-35)47-33-55-51(66-47)42-16-8-28-58(42)53(62)48(39-13-5-2-6-14-39)56-49(60)45-18-10-30-64-45/h1-6,9-14,17-26,29-30,32-33,40-42,48H,7-8,15-16,27-28,31H2,(H,56,60)/t40-,41-,42-,48+/m0/s1. The molecule has 4 aromatic carbocycles. The van der Waals surface area contributed by atoms with Crippen molar-refractivity contribution >= 4 is 46.2 Å². The third-order valence-corrected chi connectivity index (χ3v) is 14.7. The summed E-state index contributed by atoms with van der Waals surface area (Å²) in [4.78, 5) is 70.2. The molecule has 0 radical (unpaired) electrons. The van der Waals surface area contributed by atoms with E-state index in [9.17, 15) is 19.2 Å². The molecule has 4 atom stereocenters. The maximum Gasteiger partial charge on any atom is 0.287 e. The SMILES string of the molecule is O=C(C[C@H](C(=O)N1CCC[C@H]1c1ncc(-c2ccc(-c3ccc(-c4cnc([C@@H]5CCCN5C(=O)[C@H](NC(=O)c5ccco5)c5ccccc5)s4)cc3)cc2)s1)c1ccccc1)c1ccco1. The van der Waals surface area contributed by atoms with Gasteiger partial charge in [0.2, 0.25) is 11.8 Å². The molecule has 0 bridgehead atoms. The van der Waals surface area contributed by atoms with Gasteiger partial charge in [0.1, 0.15) is 16.1 Å². The summed E-state index contributed by atoms with van der Waals surface area (Å²) >= 11 is 3.19. The Balaban J connectivity index is 0.800.